The molecule has 11 heteroatoms. The molecule has 0 spiro atoms. The maximum absolute atomic E-state index is 16.1. The molecule has 6 nitrogen and oxygen atoms in total. The number of nitrogens with one attached hydrogen (secondary N) is 1. The van der Waals surface area contributed by atoms with E-state index in [-0.39, 0.29) is 29.3 Å². The van der Waals surface area contributed by atoms with E-state index in [1.807, 2.05) is 0 Å². The first-order chi connectivity index (χ1) is 19.4. The van der Waals surface area contributed by atoms with E-state index in [1.165, 1.54) is 77.7 Å². The van der Waals surface area contributed by atoms with Gasteiger partial charge in [0.2, 0.25) is 15.9 Å². The third kappa shape index (κ3) is 6.47. The van der Waals surface area contributed by atoms with Crippen LogP contribution in [0.15, 0.2) is 82.2 Å². The molecule has 0 radical (unpaired) electrons. The zero-order valence-electron chi connectivity index (χ0n) is 22.3. The van der Waals surface area contributed by atoms with E-state index < -0.39 is 39.3 Å². The van der Waals surface area contributed by atoms with Crippen molar-refractivity contribution >= 4 is 31.9 Å². The van der Waals surface area contributed by atoms with Crippen LogP contribution in [0.2, 0.25) is 0 Å². The van der Waals surface area contributed by atoms with Gasteiger partial charge in [-0.15, -0.1) is 0 Å². The molecule has 2 aliphatic heterocycles. The molecule has 3 aromatic carbocycles. The van der Waals surface area contributed by atoms with Crippen LogP contribution in [0.25, 0.3) is 0 Å². The minimum Gasteiger partial charge on any atom is -0.489 e. The minimum atomic E-state index is -4.60. The van der Waals surface area contributed by atoms with Crippen molar-refractivity contribution in [1.29, 1.82) is 0 Å². The van der Waals surface area contributed by atoms with E-state index in [0.717, 1.165) is 0 Å². The van der Waals surface area contributed by atoms with Crippen molar-refractivity contribution in [1.82, 2.24) is 9.62 Å². The van der Waals surface area contributed by atoms with Gasteiger partial charge in [0.1, 0.15) is 18.2 Å². The second kappa shape index (κ2) is 11.8. The molecule has 2 fully saturated rings. The standard InChI is InChI=1S/C30H30BrF3N2O4S/c1-19-15-24-13-14-25(16-19)36(24)29(37)28(30(33,34)21-7-9-22(31)10-8-21)35-41(38,39)27-4-2-3-26(17-27)40-18-20-5-11-23(32)12-6-20/h2-12,17,19,24-25,28,35H,13-16,18H2,1H3. The van der Waals surface area contributed by atoms with Gasteiger partial charge in [-0.25, -0.2) is 12.8 Å². The van der Waals surface area contributed by atoms with Crippen LogP contribution in [0.4, 0.5) is 13.2 Å². The summed E-state index contributed by atoms with van der Waals surface area (Å²) < 4.78 is 80.8. The van der Waals surface area contributed by atoms with Crippen molar-refractivity contribution in [3.63, 3.8) is 0 Å². The molecule has 2 aliphatic rings. The van der Waals surface area contributed by atoms with Gasteiger partial charge in [0.15, 0.2) is 6.04 Å². The van der Waals surface area contributed by atoms with Gasteiger partial charge in [-0.3, -0.25) is 4.79 Å². The monoisotopic (exact) mass is 650 g/mol. The third-order valence-corrected chi connectivity index (χ3v) is 9.72. The lowest BCUT2D eigenvalue weighted by Crippen LogP contribution is -2.59. The first-order valence-electron chi connectivity index (χ1n) is 13.4. The average Bonchev–Trinajstić information content (AvgIpc) is 3.22. The van der Waals surface area contributed by atoms with Crippen molar-refractivity contribution in [3.8, 4) is 5.75 Å². The Bertz CT molecular complexity index is 1490. The largest absolute Gasteiger partial charge is 0.489 e. The summed E-state index contributed by atoms with van der Waals surface area (Å²) in [6.45, 7) is 2.12. The highest BCUT2D eigenvalue weighted by molar-refractivity contribution is 9.10. The Kier molecular flexibility index (Phi) is 8.50. The number of fused-ring (bicyclic) bond motifs is 2. The predicted octanol–water partition coefficient (Wildman–Crippen LogP) is 6.40. The maximum Gasteiger partial charge on any atom is 0.298 e. The summed E-state index contributed by atoms with van der Waals surface area (Å²) in [7, 11) is -4.60. The number of rotatable bonds is 9. The van der Waals surface area contributed by atoms with E-state index in [2.05, 4.69) is 27.6 Å². The fourth-order valence-corrected chi connectivity index (χ4v) is 7.27. The second-order valence-electron chi connectivity index (χ2n) is 10.8. The molecule has 2 heterocycles. The summed E-state index contributed by atoms with van der Waals surface area (Å²) in [5.41, 5.74) is 0.180. The fraction of sp³-hybridized carbons (Fsp3) is 0.367. The summed E-state index contributed by atoms with van der Waals surface area (Å²) in [6, 6.07) is 13.5. The van der Waals surface area contributed by atoms with Gasteiger partial charge in [0.25, 0.3) is 5.92 Å². The van der Waals surface area contributed by atoms with E-state index in [9.17, 15) is 17.6 Å². The molecule has 0 aromatic heterocycles. The maximum atomic E-state index is 16.1. The summed E-state index contributed by atoms with van der Waals surface area (Å²) in [4.78, 5) is 15.0. The molecular formula is C30H30BrF3N2O4S. The van der Waals surface area contributed by atoms with Crippen molar-refractivity contribution in [2.24, 2.45) is 5.92 Å². The van der Waals surface area contributed by atoms with Crippen LogP contribution < -0.4 is 9.46 Å². The van der Waals surface area contributed by atoms with Gasteiger partial charge in [0, 0.05) is 28.2 Å². The molecule has 1 amide bonds. The smallest absolute Gasteiger partial charge is 0.298 e. The highest BCUT2D eigenvalue weighted by Crippen LogP contribution is 2.42. The van der Waals surface area contributed by atoms with E-state index in [1.54, 1.807) is 0 Å². The zero-order valence-corrected chi connectivity index (χ0v) is 24.7. The number of benzene rings is 3. The predicted molar refractivity (Wildman–Crippen MR) is 151 cm³/mol. The molecule has 3 unspecified atom stereocenters. The number of carbonyl (C=O) groups excluding carboxylic acids is 1. The number of piperidine rings is 1. The van der Waals surface area contributed by atoms with Crippen LogP contribution in [0.5, 0.6) is 5.75 Å². The Labute approximate surface area is 246 Å². The summed E-state index contributed by atoms with van der Waals surface area (Å²) in [6.07, 6.45) is 2.80. The Morgan fingerprint density at radius 3 is 2.32 bits per heavy atom. The van der Waals surface area contributed by atoms with E-state index >= 15 is 8.78 Å². The van der Waals surface area contributed by atoms with Gasteiger partial charge in [-0.2, -0.15) is 13.5 Å². The molecule has 2 bridgehead atoms. The van der Waals surface area contributed by atoms with Gasteiger partial charge in [-0.05, 0) is 73.6 Å². The minimum absolute atomic E-state index is 0.0378. The molecule has 0 saturated carbocycles. The Hall–Kier alpha value is -2.89. The summed E-state index contributed by atoms with van der Waals surface area (Å²) >= 11 is 3.23. The zero-order chi connectivity index (χ0) is 29.4. The Morgan fingerprint density at radius 2 is 1.68 bits per heavy atom. The topological polar surface area (TPSA) is 75.7 Å². The normalized spacial score (nSPS) is 21.5. The lowest BCUT2D eigenvalue weighted by atomic mass is 9.91. The van der Waals surface area contributed by atoms with Crippen LogP contribution in [-0.2, 0) is 27.3 Å². The molecule has 2 saturated heterocycles. The van der Waals surface area contributed by atoms with Crippen LogP contribution >= 0.6 is 15.9 Å². The first kappa shape index (κ1) is 29.6. The second-order valence-corrected chi connectivity index (χ2v) is 13.4. The molecule has 218 valence electrons. The van der Waals surface area contributed by atoms with Crippen LogP contribution in [0.1, 0.15) is 43.7 Å². The SMILES string of the molecule is CC1CC2CCC(C1)N2C(=O)C(NS(=O)(=O)c1cccc(OCc2ccc(F)cc2)c1)C(F)(F)c1ccc(Br)cc1. The Balaban J connectivity index is 1.43. The quantitative estimate of drug-likeness (QED) is 0.291. The van der Waals surface area contributed by atoms with Crippen molar-refractivity contribution < 1.29 is 31.1 Å². The molecule has 3 aromatic rings. The first-order valence-corrected chi connectivity index (χ1v) is 15.7. The van der Waals surface area contributed by atoms with Gasteiger partial charge < -0.3 is 9.64 Å². The van der Waals surface area contributed by atoms with Crippen LogP contribution in [0.3, 0.4) is 0 Å². The van der Waals surface area contributed by atoms with Crippen LogP contribution in [0, 0.1) is 11.7 Å². The number of halogens is 4. The van der Waals surface area contributed by atoms with Crippen molar-refractivity contribution in [3.05, 3.63) is 94.2 Å². The number of nitrogens with zero attached hydrogens (tertiary/aromatic N) is 1. The number of amides is 1. The highest BCUT2D eigenvalue weighted by atomic mass is 79.9. The van der Waals surface area contributed by atoms with Crippen molar-refractivity contribution in [2.45, 2.75) is 68.2 Å². The van der Waals surface area contributed by atoms with Crippen molar-refractivity contribution in [2.75, 3.05) is 0 Å². The Morgan fingerprint density at radius 1 is 1.05 bits per heavy atom. The highest BCUT2D eigenvalue weighted by Gasteiger charge is 2.53. The molecule has 3 atom stereocenters. The van der Waals surface area contributed by atoms with Gasteiger partial charge in [-0.1, -0.05) is 53.2 Å². The lowest BCUT2D eigenvalue weighted by Gasteiger charge is -2.41. The molecule has 0 aliphatic carbocycles. The molecule has 41 heavy (non-hydrogen) atoms. The van der Waals surface area contributed by atoms with Gasteiger partial charge in [0.05, 0.1) is 4.90 Å². The number of sulfonamides is 1. The molecular weight excluding hydrogens is 621 g/mol. The number of hydrogen-bond donors (Lipinski definition) is 1. The van der Waals surface area contributed by atoms with Gasteiger partial charge >= 0.3 is 0 Å². The number of alkyl halides is 2. The third-order valence-electron chi connectivity index (χ3n) is 7.77. The number of hydrogen-bond acceptors (Lipinski definition) is 4. The number of carbonyl (C=O) groups is 1. The number of ether oxygens (including phenoxy) is 1. The lowest BCUT2D eigenvalue weighted by molar-refractivity contribution is -0.149. The van der Waals surface area contributed by atoms with Crippen LogP contribution in [-0.4, -0.2) is 37.4 Å². The summed E-state index contributed by atoms with van der Waals surface area (Å²) in [5.74, 6) is -4.64. The molecule has 1 N–H and O–H groups in total. The molecule has 5 rings (SSSR count). The van der Waals surface area contributed by atoms with E-state index in [0.29, 0.717) is 41.6 Å². The van der Waals surface area contributed by atoms with E-state index in [4.69, 9.17) is 4.74 Å². The fourth-order valence-electron chi connectivity index (χ4n) is 5.78. The average molecular weight is 652 g/mol. The summed E-state index contributed by atoms with van der Waals surface area (Å²) in [5, 5.41) is 0.